The molecule has 1 aliphatic heterocycles. The van der Waals surface area contributed by atoms with Crippen molar-refractivity contribution in [3.8, 4) is 22.8 Å². The zero-order valence-electron chi connectivity index (χ0n) is 17.7. The average molecular weight is 454 g/mol. The van der Waals surface area contributed by atoms with E-state index < -0.39 is 5.91 Å². The Labute approximate surface area is 188 Å². The van der Waals surface area contributed by atoms with Gasteiger partial charge in [-0.1, -0.05) is 5.16 Å². The monoisotopic (exact) mass is 453 g/mol. The van der Waals surface area contributed by atoms with Gasteiger partial charge in [0.05, 0.1) is 5.56 Å². The molecule has 0 unspecified atom stereocenters. The van der Waals surface area contributed by atoms with E-state index in [1.165, 1.54) is 16.2 Å². The number of benzene rings is 1. The lowest BCUT2D eigenvalue weighted by atomic mass is 9.95. The van der Waals surface area contributed by atoms with Gasteiger partial charge in [0.25, 0.3) is 11.8 Å². The molecule has 9 heteroatoms. The molecule has 0 bridgehead atoms. The van der Waals surface area contributed by atoms with Crippen LogP contribution >= 0.6 is 11.3 Å². The summed E-state index contributed by atoms with van der Waals surface area (Å²) in [5.41, 5.74) is 2.51. The molecule has 1 aromatic carbocycles. The third kappa shape index (κ3) is 3.84. The predicted octanol–water partition coefficient (Wildman–Crippen LogP) is 4.06. The van der Waals surface area contributed by atoms with Crippen molar-refractivity contribution in [2.24, 2.45) is 0 Å². The molecule has 32 heavy (non-hydrogen) atoms. The van der Waals surface area contributed by atoms with Gasteiger partial charge in [0.2, 0.25) is 0 Å². The first-order valence-corrected chi connectivity index (χ1v) is 11.6. The minimum Gasteiger partial charge on any atom is -0.486 e. The van der Waals surface area contributed by atoms with Crippen molar-refractivity contribution in [1.82, 2.24) is 10.5 Å². The van der Waals surface area contributed by atoms with Crippen molar-refractivity contribution in [2.75, 3.05) is 25.1 Å². The lowest BCUT2D eigenvalue weighted by molar-refractivity contribution is 0.0956. The van der Waals surface area contributed by atoms with Crippen LogP contribution in [0.3, 0.4) is 0 Å². The molecule has 8 nitrogen and oxygen atoms in total. The molecule has 0 saturated heterocycles. The minimum absolute atomic E-state index is 0.142. The highest BCUT2D eigenvalue weighted by molar-refractivity contribution is 7.17. The number of aryl methyl sites for hydroxylation is 1. The fraction of sp³-hybridized carbons (Fsp3) is 0.348. The Morgan fingerprint density at radius 1 is 1.06 bits per heavy atom. The molecule has 0 atom stereocenters. The Morgan fingerprint density at radius 2 is 1.88 bits per heavy atom. The third-order valence-corrected chi connectivity index (χ3v) is 6.74. The quantitative estimate of drug-likeness (QED) is 0.604. The number of carbonyl (C=O) groups is 2. The number of aromatic nitrogens is 1. The van der Waals surface area contributed by atoms with Gasteiger partial charge in [-0.15, -0.1) is 11.3 Å². The maximum atomic E-state index is 12.9. The normalized spacial score (nSPS) is 14.5. The average Bonchev–Trinajstić information content (AvgIpc) is 3.44. The molecule has 3 heterocycles. The van der Waals surface area contributed by atoms with Gasteiger partial charge >= 0.3 is 0 Å². The van der Waals surface area contributed by atoms with Crippen LogP contribution in [0.4, 0.5) is 5.00 Å². The maximum Gasteiger partial charge on any atom is 0.278 e. The maximum absolute atomic E-state index is 12.9. The molecule has 2 N–H and O–H groups in total. The van der Waals surface area contributed by atoms with Crippen molar-refractivity contribution >= 4 is 28.2 Å². The fourth-order valence-corrected chi connectivity index (χ4v) is 5.31. The minimum atomic E-state index is -0.415. The van der Waals surface area contributed by atoms with Gasteiger partial charge in [0, 0.05) is 23.1 Å². The second kappa shape index (κ2) is 8.66. The summed E-state index contributed by atoms with van der Waals surface area (Å²) in [5.74, 6) is 1.19. The predicted molar refractivity (Wildman–Crippen MR) is 120 cm³/mol. The second-order valence-corrected chi connectivity index (χ2v) is 8.77. The third-order valence-electron chi connectivity index (χ3n) is 5.53. The second-order valence-electron chi connectivity index (χ2n) is 7.66. The van der Waals surface area contributed by atoms with E-state index in [9.17, 15) is 9.59 Å². The van der Waals surface area contributed by atoms with Crippen molar-refractivity contribution < 1.29 is 23.6 Å². The number of thiophene rings is 1. The first-order valence-electron chi connectivity index (χ1n) is 10.7. The first-order chi connectivity index (χ1) is 15.6. The number of nitrogens with zero attached hydrogens (tertiary/aromatic N) is 1. The largest absolute Gasteiger partial charge is 0.486 e. The van der Waals surface area contributed by atoms with Crippen LogP contribution < -0.4 is 20.1 Å². The van der Waals surface area contributed by atoms with Crippen LogP contribution in [0.5, 0.6) is 11.5 Å². The number of carbonyl (C=O) groups excluding carboxylic acids is 2. The highest BCUT2D eigenvalue weighted by Gasteiger charge is 2.27. The van der Waals surface area contributed by atoms with Crippen molar-refractivity contribution in [3.05, 3.63) is 46.0 Å². The van der Waals surface area contributed by atoms with Gasteiger partial charge in [-0.25, -0.2) is 0 Å². The topological polar surface area (TPSA) is 103 Å². The molecular weight excluding hydrogens is 430 g/mol. The lowest BCUT2D eigenvalue weighted by Gasteiger charge is -2.18. The number of ether oxygens (including phenoxy) is 2. The molecule has 3 aromatic rings. The summed E-state index contributed by atoms with van der Waals surface area (Å²) < 4.78 is 16.6. The summed E-state index contributed by atoms with van der Waals surface area (Å²) in [4.78, 5) is 26.8. The Balaban J connectivity index is 1.39. The molecule has 0 spiro atoms. The van der Waals surface area contributed by atoms with Gasteiger partial charge in [-0.05, 0) is 56.4 Å². The summed E-state index contributed by atoms with van der Waals surface area (Å²) in [6, 6.07) is 7.02. The van der Waals surface area contributed by atoms with Gasteiger partial charge in [0.1, 0.15) is 18.2 Å². The summed E-state index contributed by atoms with van der Waals surface area (Å²) in [6.45, 7) is 3.41. The Morgan fingerprint density at radius 3 is 2.72 bits per heavy atom. The first kappa shape index (κ1) is 20.6. The number of hydrogen-bond acceptors (Lipinski definition) is 7. The van der Waals surface area contributed by atoms with Gasteiger partial charge < -0.3 is 24.6 Å². The molecule has 2 aromatic heterocycles. The highest BCUT2D eigenvalue weighted by Crippen LogP contribution is 2.39. The van der Waals surface area contributed by atoms with Gasteiger partial charge in [-0.3, -0.25) is 9.59 Å². The summed E-state index contributed by atoms with van der Waals surface area (Å²) in [7, 11) is 0. The molecule has 166 valence electrons. The summed E-state index contributed by atoms with van der Waals surface area (Å²) >= 11 is 1.48. The number of rotatable bonds is 5. The van der Waals surface area contributed by atoms with Crippen LogP contribution in [-0.4, -0.2) is 36.7 Å². The van der Waals surface area contributed by atoms with Gasteiger partial charge in [0.15, 0.2) is 23.0 Å². The number of fused-ring (bicyclic) bond motifs is 2. The molecule has 0 saturated carbocycles. The van der Waals surface area contributed by atoms with E-state index in [-0.39, 0.29) is 11.6 Å². The lowest BCUT2D eigenvalue weighted by Crippen LogP contribution is -2.25. The van der Waals surface area contributed by atoms with Crippen LogP contribution in [0.25, 0.3) is 11.3 Å². The molecule has 1 aliphatic carbocycles. The van der Waals surface area contributed by atoms with Crippen molar-refractivity contribution in [1.29, 1.82) is 0 Å². The van der Waals surface area contributed by atoms with Crippen LogP contribution in [0.15, 0.2) is 28.8 Å². The van der Waals surface area contributed by atoms with E-state index in [2.05, 4.69) is 15.8 Å². The number of anilines is 1. The molecular formula is C23H23N3O5S. The Bertz CT molecular complexity index is 1180. The van der Waals surface area contributed by atoms with E-state index in [1.807, 2.05) is 13.0 Å². The van der Waals surface area contributed by atoms with Gasteiger partial charge in [-0.2, -0.15) is 0 Å². The molecule has 0 radical (unpaired) electrons. The summed E-state index contributed by atoms with van der Waals surface area (Å²) in [6.07, 6.45) is 3.93. The number of amides is 2. The Kier molecular flexibility index (Phi) is 5.57. The fourth-order valence-electron chi connectivity index (χ4n) is 4.03. The van der Waals surface area contributed by atoms with Crippen LogP contribution in [-0.2, 0) is 12.8 Å². The summed E-state index contributed by atoms with van der Waals surface area (Å²) in [5, 5.41) is 10.3. The van der Waals surface area contributed by atoms with Crippen molar-refractivity contribution in [2.45, 2.75) is 32.6 Å². The van der Waals surface area contributed by atoms with E-state index in [0.717, 1.165) is 36.8 Å². The van der Waals surface area contributed by atoms with Crippen LogP contribution in [0.1, 0.15) is 51.1 Å². The molecule has 0 fully saturated rings. The van der Waals surface area contributed by atoms with E-state index in [0.29, 0.717) is 47.6 Å². The smallest absolute Gasteiger partial charge is 0.278 e. The Hall–Kier alpha value is -3.33. The molecule has 2 aliphatic rings. The molecule has 2 amide bonds. The zero-order valence-corrected chi connectivity index (χ0v) is 18.5. The van der Waals surface area contributed by atoms with E-state index in [4.69, 9.17) is 14.0 Å². The standard InChI is InChI=1S/C23H23N3O5S/c1-2-24-22(28)20-14-5-3-4-6-19(14)32-23(20)25-21(27)15-12-17(31-26-15)13-7-8-16-18(11-13)30-10-9-29-16/h7-8,11-12H,2-6,9-10H2,1H3,(H,24,28)(H,25,27). The number of nitrogens with one attached hydrogen (secondary N) is 2. The van der Waals surface area contributed by atoms with E-state index in [1.54, 1.807) is 18.2 Å². The van der Waals surface area contributed by atoms with Crippen LogP contribution in [0.2, 0.25) is 0 Å². The number of hydrogen-bond donors (Lipinski definition) is 2. The highest BCUT2D eigenvalue weighted by atomic mass is 32.1. The SMILES string of the molecule is CCNC(=O)c1c(NC(=O)c2cc(-c3ccc4c(c3)OCCO4)on2)sc2c1CCCC2. The van der Waals surface area contributed by atoms with E-state index >= 15 is 0 Å². The molecule has 5 rings (SSSR count). The zero-order chi connectivity index (χ0) is 22.1. The van der Waals surface area contributed by atoms with Crippen molar-refractivity contribution in [3.63, 3.8) is 0 Å². The van der Waals surface area contributed by atoms with Crippen LogP contribution in [0, 0.1) is 0 Å².